The van der Waals surface area contributed by atoms with E-state index in [4.69, 9.17) is 4.74 Å². The molecular formula is C11H19N3O2. The van der Waals surface area contributed by atoms with Crippen LogP contribution in [0.25, 0.3) is 0 Å². The lowest BCUT2D eigenvalue weighted by atomic mass is 10.2. The van der Waals surface area contributed by atoms with Crippen LogP contribution in [-0.2, 0) is 24.3 Å². The Bertz CT molecular complexity index is 334. The van der Waals surface area contributed by atoms with Crippen molar-refractivity contribution >= 4 is 0 Å². The number of rotatable bonds is 7. The molecule has 1 N–H and O–H groups in total. The van der Waals surface area contributed by atoms with E-state index < -0.39 is 0 Å². The number of ether oxygens (including phenoxy) is 1. The van der Waals surface area contributed by atoms with Crippen LogP contribution < -0.4 is 0 Å². The third-order valence-corrected chi connectivity index (χ3v) is 2.90. The lowest BCUT2D eigenvalue weighted by Crippen LogP contribution is -2.12. The van der Waals surface area contributed by atoms with E-state index in [2.05, 4.69) is 10.3 Å². The van der Waals surface area contributed by atoms with E-state index in [0.29, 0.717) is 6.61 Å². The largest absolute Gasteiger partial charge is 0.390 e. The summed E-state index contributed by atoms with van der Waals surface area (Å²) in [4.78, 5) is 0. The SMILES string of the molecule is CCOCCn1nnc(CO)c1CC1CC1. The van der Waals surface area contributed by atoms with Gasteiger partial charge >= 0.3 is 0 Å². The molecule has 5 heteroatoms. The van der Waals surface area contributed by atoms with Gasteiger partial charge in [-0.1, -0.05) is 5.21 Å². The Morgan fingerprint density at radius 3 is 2.94 bits per heavy atom. The van der Waals surface area contributed by atoms with Crippen molar-refractivity contribution in [3.63, 3.8) is 0 Å². The molecule has 1 aromatic rings. The fourth-order valence-electron chi connectivity index (χ4n) is 1.79. The van der Waals surface area contributed by atoms with Crippen molar-refractivity contribution in [1.29, 1.82) is 0 Å². The van der Waals surface area contributed by atoms with Gasteiger partial charge in [0.05, 0.1) is 25.5 Å². The zero-order chi connectivity index (χ0) is 11.4. The summed E-state index contributed by atoms with van der Waals surface area (Å²) in [6, 6.07) is 0. The molecule has 1 fully saturated rings. The van der Waals surface area contributed by atoms with Gasteiger partial charge in [-0.3, -0.25) is 0 Å². The Morgan fingerprint density at radius 1 is 1.50 bits per heavy atom. The first-order valence-corrected chi connectivity index (χ1v) is 5.95. The van der Waals surface area contributed by atoms with Crippen molar-refractivity contribution in [3.05, 3.63) is 11.4 Å². The van der Waals surface area contributed by atoms with Gasteiger partial charge in [-0.15, -0.1) is 5.10 Å². The molecule has 0 amide bonds. The smallest absolute Gasteiger partial charge is 0.111 e. The maximum absolute atomic E-state index is 9.19. The van der Waals surface area contributed by atoms with Gasteiger partial charge in [0.15, 0.2) is 0 Å². The molecule has 0 unspecified atom stereocenters. The van der Waals surface area contributed by atoms with Crippen LogP contribution in [0.5, 0.6) is 0 Å². The molecule has 0 aliphatic heterocycles. The normalized spacial score (nSPS) is 15.6. The second kappa shape index (κ2) is 5.41. The second-order valence-corrected chi connectivity index (χ2v) is 4.21. The summed E-state index contributed by atoms with van der Waals surface area (Å²) in [5.74, 6) is 0.773. The van der Waals surface area contributed by atoms with Gasteiger partial charge in [0.25, 0.3) is 0 Å². The fraction of sp³-hybridized carbons (Fsp3) is 0.818. The minimum atomic E-state index is -0.0172. The van der Waals surface area contributed by atoms with E-state index in [9.17, 15) is 5.11 Å². The van der Waals surface area contributed by atoms with Crippen molar-refractivity contribution in [1.82, 2.24) is 15.0 Å². The summed E-state index contributed by atoms with van der Waals surface area (Å²) < 4.78 is 7.18. The van der Waals surface area contributed by atoms with Crippen molar-refractivity contribution in [3.8, 4) is 0 Å². The van der Waals surface area contributed by atoms with Gasteiger partial charge in [-0.25, -0.2) is 4.68 Å². The molecule has 2 rings (SSSR count). The summed E-state index contributed by atoms with van der Waals surface area (Å²) in [6.45, 7) is 4.06. The first kappa shape index (κ1) is 11.5. The lowest BCUT2D eigenvalue weighted by Gasteiger charge is -2.06. The maximum atomic E-state index is 9.19. The third kappa shape index (κ3) is 2.80. The highest BCUT2D eigenvalue weighted by molar-refractivity contribution is 5.11. The zero-order valence-corrected chi connectivity index (χ0v) is 9.72. The third-order valence-electron chi connectivity index (χ3n) is 2.90. The molecule has 1 aliphatic rings. The average molecular weight is 225 g/mol. The highest BCUT2D eigenvalue weighted by Crippen LogP contribution is 2.33. The van der Waals surface area contributed by atoms with Crippen molar-refractivity contribution < 1.29 is 9.84 Å². The first-order chi connectivity index (χ1) is 7.85. The first-order valence-electron chi connectivity index (χ1n) is 5.95. The lowest BCUT2D eigenvalue weighted by molar-refractivity contribution is 0.135. The maximum Gasteiger partial charge on any atom is 0.111 e. The number of aromatic nitrogens is 3. The number of nitrogens with zero attached hydrogens (tertiary/aromatic N) is 3. The van der Waals surface area contributed by atoms with E-state index in [1.807, 2.05) is 11.6 Å². The number of hydrogen-bond acceptors (Lipinski definition) is 4. The molecule has 0 bridgehead atoms. The van der Waals surface area contributed by atoms with Crippen LogP contribution in [0.15, 0.2) is 0 Å². The predicted octanol–water partition coefficient (Wildman–Crippen LogP) is 0.759. The van der Waals surface area contributed by atoms with Crippen LogP contribution in [0.3, 0.4) is 0 Å². The number of aliphatic hydroxyl groups excluding tert-OH is 1. The standard InChI is InChI=1S/C11H19N3O2/c1-2-16-6-5-14-11(7-9-3-4-9)10(8-15)12-13-14/h9,15H,2-8H2,1H3. The Morgan fingerprint density at radius 2 is 2.31 bits per heavy atom. The molecule has 16 heavy (non-hydrogen) atoms. The van der Waals surface area contributed by atoms with E-state index in [1.54, 1.807) is 0 Å². The molecule has 1 saturated carbocycles. The molecule has 0 aromatic carbocycles. The monoisotopic (exact) mass is 225 g/mol. The molecular weight excluding hydrogens is 206 g/mol. The van der Waals surface area contributed by atoms with E-state index in [-0.39, 0.29) is 6.61 Å². The quantitative estimate of drug-likeness (QED) is 0.696. The number of aliphatic hydroxyl groups is 1. The molecule has 1 heterocycles. The predicted molar refractivity (Wildman–Crippen MR) is 58.9 cm³/mol. The zero-order valence-electron chi connectivity index (χ0n) is 9.72. The summed E-state index contributed by atoms with van der Waals surface area (Å²) in [7, 11) is 0. The highest BCUT2D eigenvalue weighted by atomic mass is 16.5. The topological polar surface area (TPSA) is 60.2 Å². The van der Waals surface area contributed by atoms with E-state index in [1.165, 1.54) is 12.8 Å². The van der Waals surface area contributed by atoms with Crippen LogP contribution >= 0.6 is 0 Å². The molecule has 1 aliphatic carbocycles. The van der Waals surface area contributed by atoms with Crippen molar-refractivity contribution in [2.45, 2.75) is 39.3 Å². The second-order valence-electron chi connectivity index (χ2n) is 4.21. The summed E-state index contributed by atoms with van der Waals surface area (Å²) in [6.07, 6.45) is 3.58. The van der Waals surface area contributed by atoms with Crippen LogP contribution in [0, 0.1) is 5.92 Å². The molecule has 1 aromatic heterocycles. The molecule has 0 radical (unpaired) electrons. The van der Waals surface area contributed by atoms with E-state index in [0.717, 1.165) is 36.9 Å². The molecule has 5 nitrogen and oxygen atoms in total. The van der Waals surface area contributed by atoms with Crippen molar-refractivity contribution in [2.75, 3.05) is 13.2 Å². The average Bonchev–Trinajstić information content (AvgIpc) is 3.02. The summed E-state index contributed by atoms with van der Waals surface area (Å²) >= 11 is 0. The van der Waals surface area contributed by atoms with E-state index >= 15 is 0 Å². The van der Waals surface area contributed by atoms with Crippen LogP contribution in [-0.4, -0.2) is 33.3 Å². The Hall–Kier alpha value is -0.940. The van der Waals surface area contributed by atoms with Crippen LogP contribution in [0.4, 0.5) is 0 Å². The fourth-order valence-corrected chi connectivity index (χ4v) is 1.79. The Kier molecular flexibility index (Phi) is 3.90. The van der Waals surface area contributed by atoms with Gasteiger partial charge < -0.3 is 9.84 Å². The minimum absolute atomic E-state index is 0.0172. The van der Waals surface area contributed by atoms with Crippen LogP contribution in [0.2, 0.25) is 0 Å². The van der Waals surface area contributed by atoms with Gasteiger partial charge in [-0.05, 0) is 32.1 Å². The Balaban J connectivity index is 2.00. The molecule has 0 spiro atoms. The summed E-state index contributed by atoms with van der Waals surface area (Å²) in [5.41, 5.74) is 1.81. The van der Waals surface area contributed by atoms with Crippen LogP contribution in [0.1, 0.15) is 31.2 Å². The van der Waals surface area contributed by atoms with Gasteiger partial charge in [-0.2, -0.15) is 0 Å². The Labute approximate surface area is 95.4 Å². The van der Waals surface area contributed by atoms with Gasteiger partial charge in [0.1, 0.15) is 5.69 Å². The van der Waals surface area contributed by atoms with Gasteiger partial charge in [0.2, 0.25) is 0 Å². The highest BCUT2D eigenvalue weighted by Gasteiger charge is 2.25. The molecule has 90 valence electrons. The minimum Gasteiger partial charge on any atom is -0.390 e. The molecule has 0 saturated heterocycles. The summed E-state index contributed by atoms with van der Waals surface area (Å²) in [5, 5.41) is 17.3. The number of hydrogen-bond donors (Lipinski definition) is 1. The molecule has 0 atom stereocenters. The van der Waals surface area contributed by atoms with Gasteiger partial charge in [0, 0.05) is 6.61 Å². The van der Waals surface area contributed by atoms with Crippen molar-refractivity contribution in [2.24, 2.45) is 5.92 Å².